The molecule has 13 heavy (non-hydrogen) atoms. The Balaban J connectivity index is 4.35. The number of carbonyl (C=O) groups is 1. The zero-order valence-electron chi connectivity index (χ0n) is 8.70. The molecule has 0 rings (SSSR count). The number of aliphatic carboxylic acids is 1. The van der Waals surface area contributed by atoms with Gasteiger partial charge in [0.25, 0.3) is 0 Å². The molecule has 1 N–H and O–H groups in total. The number of rotatable bonds is 5. The third-order valence-corrected chi connectivity index (χ3v) is 1.24. The number of ether oxygens (including phenoxy) is 1. The second-order valence-corrected chi connectivity index (χ2v) is 3.83. The van der Waals surface area contributed by atoms with E-state index < -0.39 is 5.97 Å². The van der Waals surface area contributed by atoms with Gasteiger partial charge in [0, 0.05) is 0 Å². The molecule has 0 aromatic rings. The van der Waals surface area contributed by atoms with Crippen LogP contribution in [0, 0.1) is 0 Å². The summed E-state index contributed by atoms with van der Waals surface area (Å²) in [5.41, 5.74) is 0. The Labute approximate surface area is 79.0 Å². The highest BCUT2D eigenvalue weighted by atomic mass is 16.5. The van der Waals surface area contributed by atoms with Crippen molar-refractivity contribution in [2.75, 3.05) is 34.3 Å². The normalized spacial score (nSPS) is 12.8. The van der Waals surface area contributed by atoms with Crippen LogP contribution >= 0.6 is 0 Å². The fourth-order valence-electron chi connectivity index (χ4n) is 0.924. The number of quaternary nitrogens is 1. The van der Waals surface area contributed by atoms with Crippen LogP contribution in [-0.2, 0) is 9.53 Å². The van der Waals surface area contributed by atoms with E-state index in [0.717, 1.165) is 6.08 Å². The van der Waals surface area contributed by atoms with Crippen LogP contribution in [-0.4, -0.2) is 49.9 Å². The summed E-state index contributed by atoms with van der Waals surface area (Å²) in [5, 5.41) is 8.54. The first-order valence-electron chi connectivity index (χ1n) is 4.22. The first-order valence-corrected chi connectivity index (χ1v) is 4.22. The van der Waals surface area contributed by atoms with Crippen molar-refractivity contribution in [2.45, 2.75) is 6.92 Å². The molecule has 0 aliphatic heterocycles. The summed E-state index contributed by atoms with van der Waals surface area (Å²) < 4.78 is 5.85. The van der Waals surface area contributed by atoms with Gasteiger partial charge in [-0.05, 0) is 6.92 Å². The molecule has 0 spiro atoms. The van der Waals surface area contributed by atoms with Gasteiger partial charge in [0.1, 0.15) is 6.54 Å². The minimum Gasteiger partial charge on any atom is -0.492 e. The van der Waals surface area contributed by atoms with Crippen LogP contribution in [0.3, 0.4) is 0 Å². The Morgan fingerprint density at radius 2 is 2.00 bits per heavy atom. The number of nitrogens with zero attached hydrogens (tertiary/aromatic N) is 1. The summed E-state index contributed by atoms with van der Waals surface area (Å²) >= 11 is 0. The van der Waals surface area contributed by atoms with Crippen LogP contribution in [0.25, 0.3) is 0 Å². The quantitative estimate of drug-likeness (QED) is 0.392. The van der Waals surface area contributed by atoms with Crippen LogP contribution in [0.1, 0.15) is 6.92 Å². The molecule has 4 heteroatoms. The lowest BCUT2D eigenvalue weighted by Gasteiger charge is -2.24. The minimum atomic E-state index is -0.961. The Kier molecular flexibility index (Phi) is 4.48. The van der Waals surface area contributed by atoms with E-state index in [1.165, 1.54) is 0 Å². The molecular formula is C9H18NO3+. The van der Waals surface area contributed by atoms with Crippen LogP contribution < -0.4 is 0 Å². The number of carboxylic acid groups (broad SMARTS) is 1. The van der Waals surface area contributed by atoms with Crippen molar-refractivity contribution in [1.29, 1.82) is 0 Å². The van der Waals surface area contributed by atoms with Crippen molar-refractivity contribution in [3.05, 3.63) is 11.8 Å². The Bertz CT molecular complexity index is 203. The van der Waals surface area contributed by atoms with E-state index in [1.807, 2.05) is 28.1 Å². The summed E-state index contributed by atoms with van der Waals surface area (Å²) in [7, 11) is 5.94. The third-order valence-electron chi connectivity index (χ3n) is 1.24. The predicted octanol–water partition coefficient (Wildman–Crippen LogP) is 0.698. The second-order valence-electron chi connectivity index (χ2n) is 3.83. The van der Waals surface area contributed by atoms with Gasteiger partial charge in [-0.1, -0.05) is 0 Å². The van der Waals surface area contributed by atoms with Crippen LogP contribution in [0.2, 0.25) is 0 Å². The molecular weight excluding hydrogens is 170 g/mol. The molecule has 0 saturated heterocycles. The molecule has 0 aromatic heterocycles. The summed E-state index contributed by atoms with van der Waals surface area (Å²) in [6.45, 7) is 2.92. The van der Waals surface area contributed by atoms with Gasteiger partial charge in [0.15, 0.2) is 5.76 Å². The molecule has 0 amide bonds. The summed E-state index contributed by atoms with van der Waals surface area (Å²) in [5.74, 6) is -0.445. The van der Waals surface area contributed by atoms with Gasteiger partial charge in [-0.15, -0.1) is 0 Å². The van der Waals surface area contributed by atoms with Gasteiger partial charge in [0.2, 0.25) is 0 Å². The standard InChI is InChI=1S/C9H17NO3/c1-5-13-8(6-9(11)12)7-10(2,3)4/h6H,5,7H2,1-4H3/p+1/b8-6-. The monoisotopic (exact) mass is 188 g/mol. The summed E-state index contributed by atoms with van der Waals surface area (Å²) in [6.07, 6.45) is 1.12. The maximum Gasteiger partial charge on any atom is 0.331 e. The van der Waals surface area contributed by atoms with Crippen molar-refractivity contribution in [3.63, 3.8) is 0 Å². The van der Waals surface area contributed by atoms with E-state index in [4.69, 9.17) is 9.84 Å². The fourth-order valence-corrected chi connectivity index (χ4v) is 0.924. The van der Waals surface area contributed by atoms with Crippen molar-refractivity contribution in [2.24, 2.45) is 0 Å². The predicted molar refractivity (Wildman–Crippen MR) is 50.2 cm³/mol. The lowest BCUT2D eigenvalue weighted by Crippen LogP contribution is -2.36. The van der Waals surface area contributed by atoms with Crippen molar-refractivity contribution < 1.29 is 19.1 Å². The zero-order chi connectivity index (χ0) is 10.5. The lowest BCUT2D eigenvalue weighted by molar-refractivity contribution is -0.866. The average Bonchev–Trinajstić information content (AvgIpc) is 1.81. The molecule has 0 saturated carbocycles. The highest BCUT2D eigenvalue weighted by Crippen LogP contribution is 2.03. The number of carboxylic acids is 1. The Morgan fingerprint density at radius 1 is 1.46 bits per heavy atom. The van der Waals surface area contributed by atoms with Gasteiger partial charge in [-0.25, -0.2) is 4.79 Å². The smallest absolute Gasteiger partial charge is 0.331 e. The first-order chi connectivity index (χ1) is 5.85. The van der Waals surface area contributed by atoms with Crippen molar-refractivity contribution in [3.8, 4) is 0 Å². The van der Waals surface area contributed by atoms with Gasteiger partial charge >= 0.3 is 5.97 Å². The van der Waals surface area contributed by atoms with Crippen molar-refractivity contribution >= 4 is 5.97 Å². The van der Waals surface area contributed by atoms with Gasteiger partial charge < -0.3 is 14.3 Å². The largest absolute Gasteiger partial charge is 0.492 e. The van der Waals surface area contributed by atoms with Gasteiger partial charge in [-0.2, -0.15) is 0 Å². The van der Waals surface area contributed by atoms with E-state index in [2.05, 4.69) is 0 Å². The number of likely N-dealkylation sites (N-methyl/N-ethyl adjacent to an activating group) is 1. The molecule has 0 atom stereocenters. The molecule has 4 nitrogen and oxygen atoms in total. The van der Waals surface area contributed by atoms with Crippen molar-refractivity contribution in [1.82, 2.24) is 0 Å². The first kappa shape index (κ1) is 12.0. The van der Waals surface area contributed by atoms with Crippen LogP contribution in [0.5, 0.6) is 0 Å². The Hall–Kier alpha value is -1.03. The fraction of sp³-hybridized carbons (Fsp3) is 0.667. The maximum atomic E-state index is 10.4. The zero-order valence-corrected chi connectivity index (χ0v) is 8.70. The molecule has 0 bridgehead atoms. The topological polar surface area (TPSA) is 46.5 Å². The van der Waals surface area contributed by atoms with E-state index in [0.29, 0.717) is 23.4 Å². The van der Waals surface area contributed by atoms with Crippen LogP contribution in [0.15, 0.2) is 11.8 Å². The molecule has 76 valence electrons. The third kappa shape index (κ3) is 7.33. The number of hydrogen-bond donors (Lipinski definition) is 1. The molecule has 0 aromatic carbocycles. The molecule has 0 aliphatic rings. The highest BCUT2D eigenvalue weighted by Gasteiger charge is 2.12. The van der Waals surface area contributed by atoms with Crippen LogP contribution in [0.4, 0.5) is 0 Å². The van der Waals surface area contributed by atoms with Gasteiger partial charge in [-0.3, -0.25) is 0 Å². The lowest BCUT2D eigenvalue weighted by atomic mass is 10.4. The average molecular weight is 188 g/mol. The van der Waals surface area contributed by atoms with E-state index in [1.54, 1.807) is 0 Å². The Morgan fingerprint density at radius 3 is 2.31 bits per heavy atom. The highest BCUT2D eigenvalue weighted by molar-refractivity contribution is 5.80. The molecule has 0 fully saturated rings. The molecule has 0 unspecified atom stereocenters. The van der Waals surface area contributed by atoms with Gasteiger partial charge in [0.05, 0.1) is 33.8 Å². The van der Waals surface area contributed by atoms with E-state index >= 15 is 0 Å². The second kappa shape index (κ2) is 4.87. The SMILES string of the molecule is CCO/C(=C\C(=O)O)C[N+](C)(C)C. The minimum absolute atomic E-state index is 0.499. The maximum absolute atomic E-state index is 10.4. The molecule has 0 heterocycles. The molecule has 0 aliphatic carbocycles. The summed E-state index contributed by atoms with van der Waals surface area (Å²) in [6, 6.07) is 0. The summed E-state index contributed by atoms with van der Waals surface area (Å²) in [4.78, 5) is 10.4. The van der Waals surface area contributed by atoms with E-state index in [9.17, 15) is 4.79 Å². The van der Waals surface area contributed by atoms with E-state index in [-0.39, 0.29) is 0 Å². The molecule has 0 radical (unpaired) electrons. The number of hydrogen-bond acceptors (Lipinski definition) is 2.